The molecule has 0 spiro atoms. The summed E-state index contributed by atoms with van der Waals surface area (Å²) in [4.78, 5) is 4.43. The Morgan fingerprint density at radius 2 is 1.82 bits per heavy atom. The second kappa shape index (κ2) is 8.18. The topological polar surface area (TPSA) is 75.2 Å². The van der Waals surface area contributed by atoms with E-state index in [-0.39, 0.29) is 0 Å². The first-order valence-electron chi connectivity index (χ1n) is 8.54. The van der Waals surface area contributed by atoms with E-state index in [1.165, 1.54) is 11.8 Å². The SMILES string of the molecule is COc1ccc(-c2nnc(CSc3nccn3-c3cccc(OC)c3)o2)cc1. The van der Waals surface area contributed by atoms with E-state index >= 15 is 0 Å². The zero-order valence-electron chi connectivity index (χ0n) is 15.4. The van der Waals surface area contributed by atoms with Crippen molar-refractivity contribution in [3.8, 4) is 28.6 Å². The number of thioether (sulfide) groups is 1. The van der Waals surface area contributed by atoms with E-state index in [1.807, 2.05) is 59.3 Å². The minimum Gasteiger partial charge on any atom is -0.497 e. The van der Waals surface area contributed by atoms with Gasteiger partial charge in [-0.3, -0.25) is 4.57 Å². The molecule has 28 heavy (non-hydrogen) atoms. The number of benzene rings is 2. The van der Waals surface area contributed by atoms with Crippen molar-refractivity contribution in [3.05, 3.63) is 66.8 Å². The molecule has 0 saturated heterocycles. The largest absolute Gasteiger partial charge is 0.497 e. The van der Waals surface area contributed by atoms with E-state index in [0.717, 1.165) is 27.9 Å². The lowest BCUT2D eigenvalue weighted by molar-refractivity contribution is 0.414. The van der Waals surface area contributed by atoms with Crippen LogP contribution in [0, 0.1) is 0 Å². The Morgan fingerprint density at radius 1 is 1.00 bits per heavy atom. The molecule has 4 rings (SSSR count). The van der Waals surface area contributed by atoms with Crippen LogP contribution in [-0.4, -0.2) is 34.0 Å². The van der Waals surface area contributed by atoms with Crippen molar-refractivity contribution < 1.29 is 13.9 Å². The molecule has 4 aromatic rings. The highest BCUT2D eigenvalue weighted by Crippen LogP contribution is 2.27. The van der Waals surface area contributed by atoms with Crippen molar-refractivity contribution in [2.45, 2.75) is 10.9 Å². The summed E-state index contributed by atoms with van der Waals surface area (Å²) in [5.41, 5.74) is 1.83. The summed E-state index contributed by atoms with van der Waals surface area (Å²) >= 11 is 1.52. The third kappa shape index (κ3) is 3.86. The van der Waals surface area contributed by atoms with Crippen LogP contribution in [0.4, 0.5) is 0 Å². The lowest BCUT2D eigenvalue weighted by atomic mass is 10.2. The number of ether oxygens (including phenoxy) is 2. The van der Waals surface area contributed by atoms with Gasteiger partial charge in [0.25, 0.3) is 0 Å². The van der Waals surface area contributed by atoms with Crippen LogP contribution in [0.3, 0.4) is 0 Å². The van der Waals surface area contributed by atoms with Gasteiger partial charge >= 0.3 is 0 Å². The molecular weight excluding hydrogens is 376 g/mol. The average Bonchev–Trinajstić information content (AvgIpc) is 3.42. The van der Waals surface area contributed by atoms with Gasteiger partial charge in [0.05, 0.1) is 25.7 Å². The first-order chi connectivity index (χ1) is 13.8. The minimum atomic E-state index is 0.481. The van der Waals surface area contributed by atoms with Crippen LogP contribution in [0.25, 0.3) is 17.1 Å². The van der Waals surface area contributed by atoms with E-state index in [4.69, 9.17) is 13.9 Å². The molecule has 0 bridgehead atoms. The summed E-state index contributed by atoms with van der Waals surface area (Å²) in [7, 11) is 3.28. The zero-order chi connectivity index (χ0) is 19.3. The lowest BCUT2D eigenvalue weighted by Crippen LogP contribution is -1.96. The van der Waals surface area contributed by atoms with Gasteiger partial charge in [0.1, 0.15) is 11.5 Å². The summed E-state index contributed by atoms with van der Waals surface area (Å²) < 4.78 is 18.2. The maximum Gasteiger partial charge on any atom is 0.247 e. The van der Waals surface area contributed by atoms with Crippen LogP contribution in [0.15, 0.2) is 70.5 Å². The van der Waals surface area contributed by atoms with E-state index in [9.17, 15) is 0 Å². The summed E-state index contributed by atoms with van der Waals surface area (Å²) in [5.74, 6) is 3.11. The third-order valence-electron chi connectivity index (χ3n) is 4.07. The molecule has 2 aromatic heterocycles. The van der Waals surface area contributed by atoms with E-state index in [1.54, 1.807) is 20.4 Å². The Morgan fingerprint density at radius 3 is 2.61 bits per heavy atom. The summed E-state index contributed by atoms with van der Waals surface area (Å²) in [6, 6.07) is 15.3. The standard InChI is InChI=1S/C20H18N4O3S/c1-25-16-8-6-14(7-9-16)19-23-22-18(27-19)13-28-20-21-10-11-24(20)15-4-3-5-17(12-15)26-2/h3-12H,13H2,1-2H3. The quantitative estimate of drug-likeness (QED) is 0.434. The fourth-order valence-corrected chi connectivity index (χ4v) is 3.45. The summed E-state index contributed by atoms with van der Waals surface area (Å²) in [5, 5.41) is 9.10. The number of rotatable bonds is 7. The van der Waals surface area contributed by atoms with Gasteiger partial charge in [0.15, 0.2) is 5.16 Å². The summed E-state index contributed by atoms with van der Waals surface area (Å²) in [6.07, 6.45) is 3.67. The molecule has 0 atom stereocenters. The Bertz CT molecular complexity index is 1060. The number of hydrogen-bond acceptors (Lipinski definition) is 7. The molecule has 0 amide bonds. The molecule has 0 fully saturated rings. The van der Waals surface area contributed by atoms with Gasteiger partial charge in [-0.2, -0.15) is 0 Å². The highest BCUT2D eigenvalue weighted by Gasteiger charge is 2.12. The van der Waals surface area contributed by atoms with Gasteiger partial charge in [-0.1, -0.05) is 17.8 Å². The highest BCUT2D eigenvalue weighted by molar-refractivity contribution is 7.98. The smallest absolute Gasteiger partial charge is 0.247 e. The second-order valence-corrected chi connectivity index (χ2v) is 6.74. The van der Waals surface area contributed by atoms with Crippen LogP contribution in [0.5, 0.6) is 11.5 Å². The van der Waals surface area contributed by atoms with Crippen LogP contribution in [-0.2, 0) is 5.75 Å². The fourth-order valence-electron chi connectivity index (χ4n) is 2.64. The molecule has 8 heteroatoms. The molecule has 2 heterocycles. The number of methoxy groups -OCH3 is 2. The van der Waals surface area contributed by atoms with Crippen molar-refractivity contribution in [2.24, 2.45) is 0 Å². The van der Waals surface area contributed by atoms with E-state index in [2.05, 4.69) is 15.2 Å². The van der Waals surface area contributed by atoms with Crippen molar-refractivity contribution in [2.75, 3.05) is 14.2 Å². The van der Waals surface area contributed by atoms with Gasteiger partial charge < -0.3 is 13.9 Å². The molecule has 0 aliphatic carbocycles. The molecule has 0 saturated carbocycles. The molecule has 0 N–H and O–H groups in total. The van der Waals surface area contributed by atoms with Crippen LogP contribution >= 0.6 is 11.8 Å². The monoisotopic (exact) mass is 394 g/mol. The van der Waals surface area contributed by atoms with Crippen molar-refractivity contribution in [1.82, 2.24) is 19.7 Å². The summed E-state index contributed by atoms with van der Waals surface area (Å²) in [6.45, 7) is 0. The van der Waals surface area contributed by atoms with Crippen LogP contribution in [0.1, 0.15) is 5.89 Å². The predicted octanol–water partition coefficient (Wildman–Crippen LogP) is 4.23. The molecule has 0 aliphatic rings. The Labute approximate surface area is 166 Å². The highest BCUT2D eigenvalue weighted by atomic mass is 32.2. The lowest BCUT2D eigenvalue weighted by Gasteiger charge is -2.08. The molecule has 0 radical (unpaired) electrons. The predicted molar refractivity (Wildman–Crippen MR) is 106 cm³/mol. The van der Waals surface area contributed by atoms with Crippen molar-refractivity contribution in [3.63, 3.8) is 0 Å². The molecule has 7 nitrogen and oxygen atoms in total. The van der Waals surface area contributed by atoms with Gasteiger partial charge in [-0.15, -0.1) is 10.2 Å². The maximum atomic E-state index is 5.78. The Kier molecular flexibility index (Phi) is 5.29. The fraction of sp³-hybridized carbons (Fsp3) is 0.150. The average molecular weight is 394 g/mol. The van der Waals surface area contributed by atoms with E-state index in [0.29, 0.717) is 17.5 Å². The molecular formula is C20H18N4O3S. The first kappa shape index (κ1) is 18.1. The number of nitrogens with zero attached hydrogens (tertiary/aromatic N) is 4. The third-order valence-corrected chi connectivity index (χ3v) is 5.02. The number of imidazole rings is 1. The maximum absolute atomic E-state index is 5.78. The van der Waals surface area contributed by atoms with Crippen LogP contribution < -0.4 is 9.47 Å². The van der Waals surface area contributed by atoms with Crippen molar-refractivity contribution >= 4 is 11.8 Å². The van der Waals surface area contributed by atoms with Gasteiger partial charge in [0.2, 0.25) is 11.8 Å². The Hall–Kier alpha value is -3.26. The van der Waals surface area contributed by atoms with Crippen molar-refractivity contribution in [1.29, 1.82) is 0 Å². The second-order valence-electron chi connectivity index (χ2n) is 5.80. The molecule has 0 unspecified atom stereocenters. The van der Waals surface area contributed by atoms with Gasteiger partial charge in [0, 0.05) is 24.0 Å². The first-order valence-corrected chi connectivity index (χ1v) is 9.53. The van der Waals surface area contributed by atoms with Gasteiger partial charge in [-0.25, -0.2) is 4.98 Å². The van der Waals surface area contributed by atoms with Crippen LogP contribution in [0.2, 0.25) is 0 Å². The zero-order valence-corrected chi connectivity index (χ0v) is 16.2. The number of hydrogen-bond donors (Lipinski definition) is 0. The Balaban J connectivity index is 1.47. The van der Waals surface area contributed by atoms with E-state index < -0.39 is 0 Å². The molecule has 2 aromatic carbocycles. The molecule has 0 aliphatic heterocycles. The number of aromatic nitrogens is 4. The minimum absolute atomic E-state index is 0.481. The van der Waals surface area contributed by atoms with Gasteiger partial charge in [-0.05, 0) is 36.4 Å². The normalized spacial score (nSPS) is 10.8. The molecule has 142 valence electrons.